The molecule has 1 amide bonds. The van der Waals surface area contributed by atoms with Crippen molar-refractivity contribution in [3.05, 3.63) is 71.8 Å². The Kier molecular flexibility index (Phi) is 5.82. The van der Waals surface area contributed by atoms with Crippen LogP contribution in [0.15, 0.2) is 60.7 Å². The third-order valence-electron chi connectivity index (χ3n) is 6.97. The molecule has 28 heavy (non-hydrogen) atoms. The summed E-state index contributed by atoms with van der Waals surface area (Å²) in [5.74, 6) is -0.0889. The fourth-order valence-corrected chi connectivity index (χ4v) is 5.47. The molecule has 3 nitrogen and oxygen atoms in total. The van der Waals surface area contributed by atoms with Crippen LogP contribution in [-0.2, 0) is 4.79 Å². The second-order valence-corrected chi connectivity index (χ2v) is 8.85. The second kappa shape index (κ2) is 8.48. The van der Waals surface area contributed by atoms with Crippen molar-refractivity contribution in [2.75, 3.05) is 20.1 Å². The zero-order valence-corrected chi connectivity index (χ0v) is 17.0. The van der Waals surface area contributed by atoms with E-state index >= 15 is 0 Å². The van der Waals surface area contributed by atoms with Crippen LogP contribution in [0.4, 0.5) is 0 Å². The zero-order valence-electron chi connectivity index (χ0n) is 17.0. The minimum atomic E-state index is -0.242. The lowest BCUT2D eigenvalue weighted by Crippen LogP contribution is -2.61. The van der Waals surface area contributed by atoms with Crippen molar-refractivity contribution in [3.8, 4) is 0 Å². The Morgan fingerprint density at radius 3 is 1.96 bits per heavy atom. The SMILES string of the molecule is C[N+]1([C@@H]2CCCC[C@H]2NC(=O)C(c2ccccc2)c2ccccc2)CCCC1. The molecule has 2 aliphatic rings. The molecule has 1 heterocycles. The molecular formula is C25H33N2O+. The average molecular weight is 378 g/mol. The number of rotatable bonds is 5. The number of carbonyl (C=O) groups is 1. The summed E-state index contributed by atoms with van der Waals surface area (Å²) in [5.41, 5.74) is 2.14. The zero-order chi connectivity index (χ0) is 19.4. The number of hydrogen-bond acceptors (Lipinski definition) is 1. The molecule has 1 aliphatic heterocycles. The van der Waals surface area contributed by atoms with Gasteiger partial charge in [-0.3, -0.25) is 4.79 Å². The summed E-state index contributed by atoms with van der Waals surface area (Å²) in [5, 5.41) is 3.51. The van der Waals surface area contributed by atoms with E-state index in [4.69, 9.17) is 0 Å². The van der Waals surface area contributed by atoms with Crippen LogP contribution < -0.4 is 5.32 Å². The van der Waals surface area contributed by atoms with E-state index in [-0.39, 0.29) is 11.8 Å². The van der Waals surface area contributed by atoms with Gasteiger partial charge in [0, 0.05) is 19.3 Å². The molecule has 1 aliphatic carbocycles. The van der Waals surface area contributed by atoms with E-state index in [1.807, 2.05) is 36.4 Å². The lowest BCUT2D eigenvalue weighted by molar-refractivity contribution is -0.924. The van der Waals surface area contributed by atoms with Crippen molar-refractivity contribution in [1.82, 2.24) is 5.32 Å². The highest BCUT2D eigenvalue weighted by atomic mass is 16.2. The summed E-state index contributed by atoms with van der Waals surface area (Å²) in [6.07, 6.45) is 7.52. The van der Waals surface area contributed by atoms with E-state index in [0.29, 0.717) is 12.1 Å². The molecule has 2 fully saturated rings. The monoisotopic (exact) mass is 377 g/mol. The van der Waals surface area contributed by atoms with Crippen LogP contribution in [0.2, 0.25) is 0 Å². The third kappa shape index (κ3) is 4.00. The molecule has 0 radical (unpaired) electrons. The minimum Gasteiger partial charge on any atom is -0.347 e. The van der Waals surface area contributed by atoms with Gasteiger partial charge in [-0.2, -0.15) is 0 Å². The van der Waals surface area contributed by atoms with E-state index in [1.165, 1.54) is 45.2 Å². The smallest absolute Gasteiger partial charge is 0.232 e. The van der Waals surface area contributed by atoms with Crippen molar-refractivity contribution in [3.63, 3.8) is 0 Å². The maximum absolute atomic E-state index is 13.6. The first-order valence-corrected chi connectivity index (χ1v) is 10.9. The fourth-order valence-electron chi connectivity index (χ4n) is 5.47. The molecule has 1 saturated carbocycles. The van der Waals surface area contributed by atoms with Gasteiger partial charge in [0.15, 0.2) is 0 Å². The Labute approximate surface area is 169 Å². The Morgan fingerprint density at radius 2 is 1.39 bits per heavy atom. The minimum absolute atomic E-state index is 0.153. The molecule has 1 N–H and O–H groups in total. The van der Waals surface area contributed by atoms with Crippen LogP contribution in [0.5, 0.6) is 0 Å². The Balaban J connectivity index is 1.58. The van der Waals surface area contributed by atoms with E-state index in [1.54, 1.807) is 0 Å². The average Bonchev–Trinajstić information content (AvgIpc) is 3.18. The summed E-state index contributed by atoms with van der Waals surface area (Å²) in [6, 6.07) is 21.3. The van der Waals surface area contributed by atoms with E-state index in [2.05, 4.69) is 36.6 Å². The lowest BCUT2D eigenvalue weighted by Gasteiger charge is -2.45. The number of carbonyl (C=O) groups excluding carboxylic acids is 1. The number of nitrogens with zero attached hydrogens (tertiary/aromatic N) is 1. The van der Waals surface area contributed by atoms with Crippen LogP contribution in [-0.4, -0.2) is 42.6 Å². The van der Waals surface area contributed by atoms with Gasteiger partial charge in [0.2, 0.25) is 5.91 Å². The Bertz CT molecular complexity index is 728. The highest BCUT2D eigenvalue weighted by molar-refractivity contribution is 5.87. The third-order valence-corrected chi connectivity index (χ3v) is 6.97. The van der Waals surface area contributed by atoms with Gasteiger partial charge in [-0.1, -0.05) is 67.1 Å². The number of likely N-dealkylation sites (tertiary alicyclic amines) is 1. The van der Waals surface area contributed by atoms with Crippen molar-refractivity contribution in [1.29, 1.82) is 0 Å². The summed E-state index contributed by atoms with van der Waals surface area (Å²) < 4.78 is 1.15. The van der Waals surface area contributed by atoms with Crippen molar-refractivity contribution < 1.29 is 9.28 Å². The first kappa shape index (κ1) is 19.2. The quantitative estimate of drug-likeness (QED) is 0.765. The van der Waals surface area contributed by atoms with Gasteiger partial charge in [0.1, 0.15) is 6.04 Å². The number of amides is 1. The molecule has 4 rings (SSSR count). The van der Waals surface area contributed by atoms with Gasteiger partial charge in [-0.05, 0) is 24.0 Å². The predicted molar refractivity (Wildman–Crippen MR) is 114 cm³/mol. The number of likely N-dealkylation sites (N-methyl/N-ethyl adjacent to an activating group) is 1. The summed E-state index contributed by atoms with van der Waals surface area (Å²) in [6.45, 7) is 2.52. The van der Waals surface area contributed by atoms with Crippen molar-refractivity contribution in [2.45, 2.75) is 56.5 Å². The summed E-state index contributed by atoms with van der Waals surface area (Å²) in [7, 11) is 2.41. The van der Waals surface area contributed by atoms with Crippen molar-refractivity contribution >= 4 is 5.91 Å². The molecule has 3 heteroatoms. The van der Waals surface area contributed by atoms with Gasteiger partial charge in [0.05, 0.1) is 32.1 Å². The number of nitrogens with one attached hydrogen (secondary N) is 1. The van der Waals surface area contributed by atoms with Crippen LogP contribution >= 0.6 is 0 Å². The largest absolute Gasteiger partial charge is 0.347 e. The molecule has 148 valence electrons. The fraction of sp³-hybridized carbons (Fsp3) is 0.480. The number of hydrogen-bond donors (Lipinski definition) is 1. The standard InChI is InChI=1S/C25H32N2O/c1-27(18-10-11-19-27)23-17-9-8-16-22(23)26-25(28)24(20-12-4-2-5-13-20)21-14-6-3-7-15-21/h2-7,12-15,22-24H,8-11,16-19H2,1H3/p+1/t22-,23-/m1/s1. The molecule has 2 aromatic rings. The molecule has 2 atom stereocenters. The Hall–Kier alpha value is -2.13. The van der Waals surface area contributed by atoms with Crippen LogP contribution in [0.25, 0.3) is 0 Å². The highest BCUT2D eigenvalue weighted by Gasteiger charge is 2.43. The van der Waals surface area contributed by atoms with Crippen LogP contribution in [0.3, 0.4) is 0 Å². The number of benzene rings is 2. The topological polar surface area (TPSA) is 29.1 Å². The van der Waals surface area contributed by atoms with Gasteiger partial charge in [-0.15, -0.1) is 0 Å². The molecule has 0 bridgehead atoms. The molecule has 2 aromatic carbocycles. The molecule has 1 saturated heterocycles. The molecular weight excluding hydrogens is 344 g/mol. The lowest BCUT2D eigenvalue weighted by atomic mass is 9.86. The molecule has 0 unspecified atom stereocenters. The van der Waals surface area contributed by atoms with E-state index in [0.717, 1.165) is 22.0 Å². The maximum Gasteiger partial charge on any atom is 0.232 e. The maximum atomic E-state index is 13.6. The van der Waals surface area contributed by atoms with E-state index in [9.17, 15) is 4.79 Å². The van der Waals surface area contributed by atoms with Crippen LogP contribution in [0.1, 0.15) is 55.6 Å². The van der Waals surface area contributed by atoms with Crippen LogP contribution in [0, 0.1) is 0 Å². The van der Waals surface area contributed by atoms with Gasteiger partial charge in [-0.25, -0.2) is 0 Å². The number of quaternary nitrogens is 1. The predicted octanol–water partition coefficient (Wildman–Crippen LogP) is 4.49. The first-order valence-electron chi connectivity index (χ1n) is 10.9. The molecule has 0 spiro atoms. The van der Waals surface area contributed by atoms with Gasteiger partial charge >= 0.3 is 0 Å². The first-order chi connectivity index (χ1) is 13.7. The second-order valence-electron chi connectivity index (χ2n) is 8.85. The Morgan fingerprint density at radius 1 is 0.857 bits per heavy atom. The summed E-state index contributed by atoms with van der Waals surface area (Å²) >= 11 is 0. The normalized spacial score (nSPS) is 24.2. The van der Waals surface area contributed by atoms with E-state index < -0.39 is 0 Å². The highest BCUT2D eigenvalue weighted by Crippen LogP contribution is 2.32. The van der Waals surface area contributed by atoms with Gasteiger partial charge < -0.3 is 9.80 Å². The molecule has 0 aromatic heterocycles. The summed E-state index contributed by atoms with van der Waals surface area (Å²) in [4.78, 5) is 13.6. The van der Waals surface area contributed by atoms with Gasteiger partial charge in [0.25, 0.3) is 0 Å². The van der Waals surface area contributed by atoms with Crippen molar-refractivity contribution in [2.24, 2.45) is 0 Å².